The molecular weight excluding hydrogens is 246 g/mol. The standard InChI is InChI=1S/C10H23NO3S2/c1-4-16(13,14)8-9(2)11-10(7-12)5-6-15-3/h9-12H,4-8H2,1-3H3. The zero-order valence-corrected chi connectivity index (χ0v) is 11.9. The fraction of sp³-hybridized carbons (Fsp3) is 1.00. The van der Waals surface area contributed by atoms with E-state index in [-0.39, 0.29) is 30.2 Å². The van der Waals surface area contributed by atoms with Gasteiger partial charge < -0.3 is 10.4 Å². The molecule has 0 aromatic carbocycles. The summed E-state index contributed by atoms with van der Waals surface area (Å²) in [6.07, 6.45) is 2.87. The first-order valence-electron chi connectivity index (χ1n) is 5.51. The molecule has 0 amide bonds. The summed E-state index contributed by atoms with van der Waals surface area (Å²) >= 11 is 1.72. The van der Waals surface area contributed by atoms with Crippen LogP contribution in [0.3, 0.4) is 0 Å². The van der Waals surface area contributed by atoms with Crippen molar-refractivity contribution in [3.8, 4) is 0 Å². The molecule has 0 spiro atoms. The van der Waals surface area contributed by atoms with Crippen molar-refractivity contribution in [1.82, 2.24) is 5.32 Å². The summed E-state index contributed by atoms with van der Waals surface area (Å²) in [5.74, 6) is 1.28. The molecule has 16 heavy (non-hydrogen) atoms. The summed E-state index contributed by atoms with van der Waals surface area (Å²) in [6.45, 7) is 3.55. The molecule has 0 saturated carbocycles. The number of sulfone groups is 1. The third-order valence-electron chi connectivity index (χ3n) is 2.35. The second-order valence-electron chi connectivity index (χ2n) is 3.93. The van der Waals surface area contributed by atoms with Crippen molar-refractivity contribution in [1.29, 1.82) is 0 Å². The molecule has 4 nitrogen and oxygen atoms in total. The van der Waals surface area contributed by atoms with Crippen LogP contribution in [0.25, 0.3) is 0 Å². The van der Waals surface area contributed by atoms with Crippen LogP contribution in [-0.2, 0) is 9.84 Å². The van der Waals surface area contributed by atoms with E-state index in [0.717, 1.165) is 12.2 Å². The van der Waals surface area contributed by atoms with Crippen molar-refractivity contribution >= 4 is 21.6 Å². The maximum absolute atomic E-state index is 11.4. The van der Waals surface area contributed by atoms with E-state index in [4.69, 9.17) is 5.11 Å². The lowest BCUT2D eigenvalue weighted by molar-refractivity contribution is 0.233. The minimum atomic E-state index is -2.94. The lowest BCUT2D eigenvalue weighted by Gasteiger charge is -2.21. The molecule has 0 aliphatic heterocycles. The highest BCUT2D eigenvalue weighted by atomic mass is 32.2. The number of aliphatic hydroxyl groups excluding tert-OH is 1. The van der Waals surface area contributed by atoms with Crippen LogP contribution in [0.4, 0.5) is 0 Å². The third-order valence-corrected chi connectivity index (χ3v) is 4.89. The Morgan fingerprint density at radius 2 is 2.06 bits per heavy atom. The summed E-state index contributed by atoms with van der Waals surface area (Å²) in [4.78, 5) is 0. The molecule has 0 bridgehead atoms. The Morgan fingerprint density at radius 1 is 1.44 bits per heavy atom. The number of hydrogen-bond acceptors (Lipinski definition) is 5. The zero-order valence-electron chi connectivity index (χ0n) is 10.3. The van der Waals surface area contributed by atoms with E-state index in [9.17, 15) is 8.42 Å². The van der Waals surface area contributed by atoms with Gasteiger partial charge in [0, 0.05) is 17.8 Å². The highest BCUT2D eigenvalue weighted by Gasteiger charge is 2.16. The van der Waals surface area contributed by atoms with Crippen LogP contribution in [0.5, 0.6) is 0 Å². The molecule has 0 aliphatic carbocycles. The highest BCUT2D eigenvalue weighted by Crippen LogP contribution is 2.02. The predicted molar refractivity (Wildman–Crippen MR) is 70.8 cm³/mol. The first-order valence-corrected chi connectivity index (χ1v) is 8.73. The zero-order chi connectivity index (χ0) is 12.6. The van der Waals surface area contributed by atoms with Crippen molar-refractivity contribution < 1.29 is 13.5 Å². The van der Waals surface area contributed by atoms with E-state index in [1.54, 1.807) is 18.7 Å². The molecule has 0 fully saturated rings. The Labute approximate surface area is 103 Å². The molecule has 2 N–H and O–H groups in total. The smallest absolute Gasteiger partial charge is 0.151 e. The Morgan fingerprint density at radius 3 is 2.50 bits per heavy atom. The van der Waals surface area contributed by atoms with E-state index in [1.807, 2.05) is 13.2 Å². The Kier molecular flexibility index (Phi) is 8.45. The van der Waals surface area contributed by atoms with Crippen molar-refractivity contribution in [2.75, 3.05) is 30.1 Å². The summed E-state index contributed by atoms with van der Waals surface area (Å²) in [5.41, 5.74) is 0. The fourth-order valence-electron chi connectivity index (χ4n) is 1.44. The lowest BCUT2D eigenvalue weighted by atomic mass is 10.2. The average Bonchev–Trinajstić information content (AvgIpc) is 2.23. The Bertz CT molecular complexity index is 267. The minimum absolute atomic E-state index is 0.00509. The molecule has 0 aliphatic rings. The molecule has 0 aromatic heterocycles. The summed E-state index contributed by atoms with van der Waals surface area (Å²) < 4.78 is 22.8. The van der Waals surface area contributed by atoms with Crippen molar-refractivity contribution in [2.45, 2.75) is 32.4 Å². The van der Waals surface area contributed by atoms with Crippen LogP contribution in [0.1, 0.15) is 20.3 Å². The summed E-state index contributed by atoms with van der Waals surface area (Å²) in [5, 5.41) is 12.3. The molecule has 0 rings (SSSR count). The van der Waals surface area contributed by atoms with E-state index in [0.29, 0.717) is 0 Å². The van der Waals surface area contributed by atoms with Gasteiger partial charge in [-0.05, 0) is 25.4 Å². The first-order chi connectivity index (χ1) is 7.45. The number of thioether (sulfide) groups is 1. The lowest BCUT2D eigenvalue weighted by Crippen LogP contribution is -2.43. The summed E-state index contributed by atoms with van der Waals surface area (Å²) in [6, 6.07) is -0.113. The molecule has 6 heteroatoms. The monoisotopic (exact) mass is 269 g/mol. The molecular formula is C10H23NO3S2. The van der Waals surface area contributed by atoms with Crippen LogP contribution >= 0.6 is 11.8 Å². The first kappa shape index (κ1) is 16.2. The number of aliphatic hydroxyl groups is 1. The molecule has 0 aromatic rings. The maximum Gasteiger partial charge on any atom is 0.151 e. The normalized spacial score (nSPS) is 16.0. The van der Waals surface area contributed by atoms with Gasteiger partial charge in [0.25, 0.3) is 0 Å². The molecule has 98 valence electrons. The number of hydrogen-bond donors (Lipinski definition) is 2. The van der Waals surface area contributed by atoms with Crippen LogP contribution in [-0.4, -0.2) is 55.7 Å². The fourth-order valence-corrected chi connectivity index (χ4v) is 3.05. The van der Waals surface area contributed by atoms with Crippen LogP contribution in [0, 0.1) is 0 Å². The van der Waals surface area contributed by atoms with E-state index >= 15 is 0 Å². The van der Waals surface area contributed by atoms with Gasteiger partial charge in [-0.25, -0.2) is 8.42 Å². The minimum Gasteiger partial charge on any atom is -0.395 e. The van der Waals surface area contributed by atoms with Gasteiger partial charge >= 0.3 is 0 Å². The second-order valence-corrected chi connectivity index (χ2v) is 7.31. The van der Waals surface area contributed by atoms with Crippen LogP contribution < -0.4 is 5.32 Å². The molecule has 2 atom stereocenters. The van der Waals surface area contributed by atoms with Gasteiger partial charge in [0.2, 0.25) is 0 Å². The Hall–Kier alpha value is 0.220. The van der Waals surface area contributed by atoms with Gasteiger partial charge in [-0.15, -0.1) is 0 Å². The predicted octanol–water partition coefficient (Wildman–Crippen LogP) is 0.513. The van der Waals surface area contributed by atoms with E-state index in [1.165, 1.54) is 0 Å². The van der Waals surface area contributed by atoms with E-state index in [2.05, 4.69) is 5.32 Å². The van der Waals surface area contributed by atoms with Gasteiger partial charge in [0.15, 0.2) is 9.84 Å². The number of nitrogens with one attached hydrogen (secondary N) is 1. The molecule has 0 heterocycles. The topological polar surface area (TPSA) is 66.4 Å². The second kappa shape index (κ2) is 8.33. The van der Waals surface area contributed by atoms with Gasteiger partial charge in [-0.2, -0.15) is 11.8 Å². The van der Waals surface area contributed by atoms with Crippen LogP contribution in [0.2, 0.25) is 0 Å². The molecule has 0 saturated heterocycles. The van der Waals surface area contributed by atoms with Gasteiger partial charge in [0.1, 0.15) is 0 Å². The third kappa shape index (κ3) is 7.49. The quantitative estimate of drug-likeness (QED) is 0.638. The maximum atomic E-state index is 11.4. The van der Waals surface area contributed by atoms with Crippen molar-refractivity contribution in [3.63, 3.8) is 0 Å². The summed E-state index contributed by atoms with van der Waals surface area (Å²) in [7, 11) is -2.94. The van der Waals surface area contributed by atoms with Gasteiger partial charge in [-0.1, -0.05) is 6.92 Å². The largest absolute Gasteiger partial charge is 0.395 e. The highest BCUT2D eigenvalue weighted by molar-refractivity contribution is 7.98. The SMILES string of the molecule is CCS(=O)(=O)CC(C)NC(CO)CCSC. The Balaban J connectivity index is 4.05. The van der Waals surface area contributed by atoms with Crippen LogP contribution in [0.15, 0.2) is 0 Å². The van der Waals surface area contributed by atoms with Gasteiger partial charge in [-0.3, -0.25) is 0 Å². The van der Waals surface area contributed by atoms with E-state index < -0.39 is 9.84 Å². The molecule has 2 unspecified atom stereocenters. The van der Waals surface area contributed by atoms with Crippen molar-refractivity contribution in [2.24, 2.45) is 0 Å². The van der Waals surface area contributed by atoms with Crippen molar-refractivity contribution in [3.05, 3.63) is 0 Å². The number of rotatable bonds is 9. The van der Waals surface area contributed by atoms with Gasteiger partial charge in [0.05, 0.1) is 12.4 Å². The molecule has 0 radical (unpaired) electrons. The average molecular weight is 269 g/mol.